The van der Waals surface area contributed by atoms with E-state index in [1.807, 2.05) is 18.2 Å². The van der Waals surface area contributed by atoms with Gasteiger partial charge in [0.05, 0.1) is 5.56 Å². The molecule has 2 aromatic rings. The first-order valence-electron chi connectivity index (χ1n) is 8.09. The minimum Gasteiger partial charge on any atom is -0.348 e. The number of amides is 1. The third-order valence-electron chi connectivity index (χ3n) is 4.07. The van der Waals surface area contributed by atoms with Gasteiger partial charge in [-0.05, 0) is 35.9 Å². The number of aromatic nitrogens is 1. The molecule has 1 amide bonds. The van der Waals surface area contributed by atoms with Crippen molar-refractivity contribution in [3.05, 3.63) is 59.8 Å². The number of hydrogen-bond donors (Lipinski definition) is 1. The van der Waals surface area contributed by atoms with Crippen LogP contribution in [0.1, 0.15) is 22.3 Å². The monoisotopic (exact) mass is 363 g/mol. The van der Waals surface area contributed by atoms with E-state index in [4.69, 9.17) is 0 Å². The number of likely N-dealkylation sites (tertiary alicyclic amines) is 1. The SMILES string of the molecule is O=C(NC1CCN(Cc2ccccc2)C1)c1cccnc1SC(F)F. The summed E-state index contributed by atoms with van der Waals surface area (Å²) in [5.74, 6) is -2.95. The number of nitrogens with zero attached hydrogens (tertiary/aromatic N) is 2. The van der Waals surface area contributed by atoms with Gasteiger partial charge in [0.25, 0.3) is 11.7 Å². The van der Waals surface area contributed by atoms with Crippen LogP contribution >= 0.6 is 11.8 Å². The summed E-state index contributed by atoms with van der Waals surface area (Å²) in [6.07, 6.45) is 2.26. The fourth-order valence-electron chi connectivity index (χ4n) is 2.94. The summed E-state index contributed by atoms with van der Waals surface area (Å²) in [7, 11) is 0. The van der Waals surface area contributed by atoms with Gasteiger partial charge in [-0.25, -0.2) is 4.98 Å². The number of rotatable bonds is 6. The Labute approximate surface area is 149 Å². The molecular weight excluding hydrogens is 344 g/mol. The summed E-state index contributed by atoms with van der Waals surface area (Å²) in [5, 5.41) is 3.01. The largest absolute Gasteiger partial charge is 0.348 e. The van der Waals surface area contributed by atoms with Crippen molar-refractivity contribution in [2.75, 3.05) is 13.1 Å². The number of carbonyl (C=O) groups excluding carboxylic acids is 1. The summed E-state index contributed by atoms with van der Waals surface area (Å²) in [5.41, 5.74) is 1.44. The second-order valence-corrected chi connectivity index (χ2v) is 6.89. The highest BCUT2D eigenvalue weighted by Gasteiger charge is 2.25. The van der Waals surface area contributed by atoms with Crippen LogP contribution in [0, 0.1) is 0 Å². The van der Waals surface area contributed by atoms with Crippen molar-refractivity contribution in [1.29, 1.82) is 0 Å². The molecule has 4 nitrogen and oxygen atoms in total. The third-order valence-corrected chi connectivity index (χ3v) is 4.80. The quantitative estimate of drug-likeness (QED) is 0.799. The van der Waals surface area contributed by atoms with E-state index in [1.54, 1.807) is 6.07 Å². The van der Waals surface area contributed by atoms with Crippen LogP contribution < -0.4 is 5.32 Å². The molecule has 2 heterocycles. The Hall–Kier alpha value is -1.99. The molecule has 0 spiro atoms. The first kappa shape index (κ1) is 17.8. The van der Waals surface area contributed by atoms with Crippen LogP contribution in [0.5, 0.6) is 0 Å². The number of hydrogen-bond acceptors (Lipinski definition) is 4. The van der Waals surface area contributed by atoms with Crippen LogP contribution in [0.2, 0.25) is 0 Å². The van der Waals surface area contributed by atoms with Crippen molar-refractivity contribution >= 4 is 17.7 Å². The molecule has 1 unspecified atom stereocenters. The van der Waals surface area contributed by atoms with Gasteiger partial charge < -0.3 is 5.32 Å². The van der Waals surface area contributed by atoms with E-state index in [9.17, 15) is 13.6 Å². The standard InChI is InChI=1S/C18H19F2N3OS/c19-18(20)25-17-15(7-4-9-21-17)16(24)22-14-8-10-23(12-14)11-13-5-2-1-3-6-13/h1-7,9,14,18H,8,10-12H2,(H,22,24). The van der Waals surface area contributed by atoms with Gasteiger partial charge in [-0.1, -0.05) is 30.3 Å². The van der Waals surface area contributed by atoms with Crippen molar-refractivity contribution in [1.82, 2.24) is 15.2 Å². The molecule has 1 aromatic heterocycles. The Morgan fingerprint density at radius 2 is 2.08 bits per heavy atom. The van der Waals surface area contributed by atoms with E-state index in [0.29, 0.717) is 11.8 Å². The zero-order valence-electron chi connectivity index (χ0n) is 13.6. The molecule has 1 aliphatic rings. The van der Waals surface area contributed by atoms with Crippen LogP contribution in [-0.4, -0.2) is 40.7 Å². The molecule has 0 saturated carbocycles. The van der Waals surface area contributed by atoms with Crippen molar-refractivity contribution in [2.45, 2.75) is 29.8 Å². The van der Waals surface area contributed by atoms with E-state index in [1.165, 1.54) is 17.8 Å². The average Bonchev–Trinajstić information content (AvgIpc) is 3.02. The summed E-state index contributed by atoms with van der Waals surface area (Å²) >= 11 is 0.298. The Bertz CT molecular complexity index is 714. The van der Waals surface area contributed by atoms with Crippen LogP contribution in [0.15, 0.2) is 53.7 Å². The normalized spacial score (nSPS) is 17.8. The lowest BCUT2D eigenvalue weighted by Crippen LogP contribution is -2.37. The average molecular weight is 363 g/mol. The maximum atomic E-state index is 12.6. The Morgan fingerprint density at radius 1 is 1.28 bits per heavy atom. The van der Waals surface area contributed by atoms with E-state index < -0.39 is 5.76 Å². The first-order chi connectivity index (χ1) is 12.1. The fraction of sp³-hybridized carbons (Fsp3) is 0.333. The number of thioether (sulfide) groups is 1. The van der Waals surface area contributed by atoms with Gasteiger partial charge in [-0.2, -0.15) is 8.78 Å². The van der Waals surface area contributed by atoms with Crippen LogP contribution in [0.4, 0.5) is 8.78 Å². The molecule has 3 rings (SSSR count). The molecule has 132 valence electrons. The lowest BCUT2D eigenvalue weighted by molar-refractivity contribution is 0.0934. The van der Waals surface area contributed by atoms with Gasteiger partial charge in [0, 0.05) is 31.9 Å². The maximum absolute atomic E-state index is 12.6. The molecule has 0 radical (unpaired) electrons. The molecule has 1 saturated heterocycles. The molecule has 1 atom stereocenters. The van der Waals surface area contributed by atoms with E-state index in [2.05, 4.69) is 27.3 Å². The minimum atomic E-state index is -2.60. The van der Waals surface area contributed by atoms with Crippen molar-refractivity contribution in [2.24, 2.45) is 0 Å². The summed E-state index contributed by atoms with van der Waals surface area (Å²) in [6, 6.07) is 13.3. The van der Waals surface area contributed by atoms with Gasteiger partial charge in [-0.15, -0.1) is 0 Å². The second kappa shape index (κ2) is 8.40. The van der Waals surface area contributed by atoms with Crippen LogP contribution in [0.3, 0.4) is 0 Å². The molecule has 1 aliphatic heterocycles. The molecule has 25 heavy (non-hydrogen) atoms. The number of nitrogens with one attached hydrogen (secondary N) is 1. The van der Waals surface area contributed by atoms with Gasteiger partial charge >= 0.3 is 0 Å². The minimum absolute atomic E-state index is 0.0146. The zero-order chi connectivity index (χ0) is 17.6. The predicted molar refractivity (Wildman–Crippen MR) is 93.7 cm³/mol. The second-order valence-electron chi connectivity index (χ2n) is 5.91. The van der Waals surface area contributed by atoms with Crippen molar-refractivity contribution in [3.8, 4) is 0 Å². The molecule has 0 bridgehead atoms. The summed E-state index contributed by atoms with van der Waals surface area (Å²) in [6.45, 7) is 2.48. The third kappa shape index (κ3) is 4.99. The topological polar surface area (TPSA) is 45.2 Å². The molecule has 1 N–H and O–H groups in total. The van der Waals surface area contributed by atoms with Gasteiger partial charge in [-0.3, -0.25) is 9.69 Å². The van der Waals surface area contributed by atoms with Crippen molar-refractivity contribution in [3.63, 3.8) is 0 Å². The fourth-order valence-corrected chi connectivity index (χ4v) is 3.52. The molecule has 0 aliphatic carbocycles. The summed E-state index contributed by atoms with van der Waals surface area (Å²) < 4.78 is 25.2. The number of benzene rings is 1. The molecule has 1 fully saturated rings. The lowest BCUT2D eigenvalue weighted by atomic mass is 10.2. The number of carbonyl (C=O) groups is 1. The van der Waals surface area contributed by atoms with Crippen molar-refractivity contribution < 1.29 is 13.6 Å². The molecule has 7 heteroatoms. The molecular formula is C18H19F2N3OS. The Balaban J connectivity index is 1.57. The van der Waals surface area contributed by atoms with Gasteiger partial charge in [0.1, 0.15) is 5.03 Å². The first-order valence-corrected chi connectivity index (χ1v) is 8.97. The number of halogens is 2. The summed E-state index contributed by atoms with van der Waals surface area (Å²) in [4.78, 5) is 18.6. The van der Waals surface area contributed by atoms with Gasteiger partial charge in [0.2, 0.25) is 0 Å². The Morgan fingerprint density at radius 3 is 2.84 bits per heavy atom. The lowest BCUT2D eigenvalue weighted by Gasteiger charge is -2.17. The zero-order valence-corrected chi connectivity index (χ0v) is 14.4. The highest BCUT2D eigenvalue weighted by molar-refractivity contribution is 7.99. The highest BCUT2D eigenvalue weighted by atomic mass is 32.2. The highest BCUT2D eigenvalue weighted by Crippen LogP contribution is 2.26. The van der Waals surface area contributed by atoms with E-state index >= 15 is 0 Å². The maximum Gasteiger partial charge on any atom is 0.290 e. The van der Waals surface area contributed by atoms with E-state index in [0.717, 1.165) is 26.1 Å². The van der Waals surface area contributed by atoms with Crippen LogP contribution in [-0.2, 0) is 6.54 Å². The number of alkyl halides is 2. The predicted octanol–water partition coefficient (Wildman–Crippen LogP) is 3.40. The number of pyridine rings is 1. The smallest absolute Gasteiger partial charge is 0.290 e. The van der Waals surface area contributed by atoms with E-state index in [-0.39, 0.29) is 22.5 Å². The molecule has 1 aromatic carbocycles. The van der Waals surface area contributed by atoms with Gasteiger partial charge in [0.15, 0.2) is 0 Å². The van der Waals surface area contributed by atoms with Crippen LogP contribution in [0.25, 0.3) is 0 Å². The Kier molecular flexibility index (Phi) is 5.99.